The molecule has 1 amide bonds. The number of hydrogen-bond acceptors (Lipinski definition) is 8. The van der Waals surface area contributed by atoms with Crippen LogP contribution in [0.4, 0.5) is 24.5 Å². The predicted molar refractivity (Wildman–Crippen MR) is 116 cm³/mol. The molecule has 0 heterocycles. The number of benzene rings is 2. The molecule has 9 nitrogen and oxygen atoms in total. The molecule has 13 heteroatoms. The van der Waals surface area contributed by atoms with E-state index in [-0.39, 0.29) is 12.3 Å². The summed E-state index contributed by atoms with van der Waals surface area (Å²) in [4.78, 5) is 21.8. The maximum atomic E-state index is 14.9. The molecule has 0 fully saturated rings. The lowest BCUT2D eigenvalue weighted by Gasteiger charge is -2.15. The maximum Gasteiger partial charge on any atom is 0.277 e. The zero-order valence-corrected chi connectivity index (χ0v) is 18.5. The summed E-state index contributed by atoms with van der Waals surface area (Å²) in [6.07, 6.45) is -0.475. The number of nitrogens with zero attached hydrogens (tertiary/aromatic N) is 1. The summed E-state index contributed by atoms with van der Waals surface area (Å²) >= 11 is 1.87. The highest BCUT2D eigenvalue weighted by atomic mass is 127. The quantitative estimate of drug-likeness (QED) is 0.121. The summed E-state index contributed by atoms with van der Waals surface area (Å²) in [5, 5.41) is 32.4. The van der Waals surface area contributed by atoms with Crippen molar-refractivity contribution in [2.24, 2.45) is 5.16 Å². The number of amides is 1. The van der Waals surface area contributed by atoms with Crippen molar-refractivity contribution in [2.75, 3.05) is 31.7 Å². The predicted octanol–water partition coefficient (Wildman–Crippen LogP) is 1.81. The Morgan fingerprint density at radius 3 is 2.62 bits per heavy atom. The van der Waals surface area contributed by atoms with E-state index >= 15 is 0 Å². The number of aliphatic hydroxyl groups excluding tert-OH is 3. The van der Waals surface area contributed by atoms with Gasteiger partial charge >= 0.3 is 0 Å². The van der Waals surface area contributed by atoms with Gasteiger partial charge in [0.25, 0.3) is 5.91 Å². The van der Waals surface area contributed by atoms with Crippen molar-refractivity contribution in [3.8, 4) is 0 Å². The first-order valence-corrected chi connectivity index (χ1v) is 10.1. The van der Waals surface area contributed by atoms with E-state index in [2.05, 4.69) is 15.3 Å². The minimum Gasteiger partial charge on any atom is -0.394 e. The van der Waals surface area contributed by atoms with Crippen molar-refractivity contribution < 1.29 is 43.0 Å². The summed E-state index contributed by atoms with van der Waals surface area (Å²) in [6.45, 7) is -1.68. The van der Waals surface area contributed by atoms with Crippen LogP contribution in [-0.4, -0.2) is 60.0 Å². The Hall–Kier alpha value is -2.46. The second-order valence-electron chi connectivity index (χ2n) is 6.14. The minimum absolute atomic E-state index is 0.211. The lowest BCUT2D eigenvalue weighted by atomic mass is 10.1. The first-order valence-electron chi connectivity index (χ1n) is 8.99. The molecule has 0 aliphatic heterocycles. The summed E-state index contributed by atoms with van der Waals surface area (Å²) in [5.41, 5.74) is 0.118. The van der Waals surface area contributed by atoms with Gasteiger partial charge in [0.15, 0.2) is 11.6 Å². The van der Waals surface area contributed by atoms with Gasteiger partial charge in [-0.05, 0) is 46.9 Å². The van der Waals surface area contributed by atoms with Gasteiger partial charge in [0.2, 0.25) is 0 Å². The second-order valence-corrected chi connectivity index (χ2v) is 7.38. The summed E-state index contributed by atoms with van der Waals surface area (Å²) in [6, 6.07) is 4.87. The van der Waals surface area contributed by atoms with Crippen LogP contribution in [0.1, 0.15) is 15.9 Å². The van der Waals surface area contributed by atoms with Gasteiger partial charge in [-0.15, -0.1) is 0 Å². The van der Waals surface area contributed by atoms with Crippen LogP contribution in [-0.2, 0) is 9.68 Å². The van der Waals surface area contributed by atoms with Gasteiger partial charge in [-0.2, -0.15) is 0 Å². The molecule has 0 bridgehead atoms. The fraction of sp³-hybridized carbons (Fsp3) is 0.263. The molecule has 0 aliphatic rings. The number of halogens is 4. The maximum absolute atomic E-state index is 14.9. The summed E-state index contributed by atoms with van der Waals surface area (Å²) in [5.74, 6) is -4.70. The minimum atomic E-state index is -1.50. The molecule has 0 radical (unpaired) electrons. The van der Waals surface area contributed by atoms with Crippen LogP contribution < -0.4 is 10.8 Å². The van der Waals surface area contributed by atoms with E-state index < -0.39 is 66.1 Å². The molecule has 0 saturated carbocycles. The largest absolute Gasteiger partial charge is 0.394 e. The number of oxime groups is 1. The molecule has 0 aromatic heterocycles. The Bertz CT molecular complexity index is 980. The number of anilines is 2. The molecule has 174 valence electrons. The Morgan fingerprint density at radius 1 is 1.22 bits per heavy atom. The topological polar surface area (TPSA) is 133 Å². The number of carbonyl (C=O) groups is 1. The molecule has 5 N–H and O–H groups in total. The van der Waals surface area contributed by atoms with Crippen molar-refractivity contribution >= 4 is 46.1 Å². The Kier molecular flexibility index (Phi) is 10.1. The van der Waals surface area contributed by atoms with Crippen LogP contribution >= 0.6 is 22.6 Å². The van der Waals surface area contributed by atoms with E-state index in [1.54, 1.807) is 0 Å². The Balaban J connectivity index is 2.42. The average Bonchev–Trinajstić information content (AvgIpc) is 2.77. The van der Waals surface area contributed by atoms with Crippen LogP contribution in [0.15, 0.2) is 29.4 Å². The fourth-order valence-corrected chi connectivity index (χ4v) is 2.71. The van der Waals surface area contributed by atoms with E-state index in [4.69, 9.17) is 15.1 Å². The molecular weight excluding hydrogens is 550 g/mol. The van der Waals surface area contributed by atoms with Gasteiger partial charge < -0.3 is 25.5 Å². The first-order chi connectivity index (χ1) is 15.3. The van der Waals surface area contributed by atoms with Gasteiger partial charge in [0, 0.05) is 9.13 Å². The van der Waals surface area contributed by atoms with Crippen molar-refractivity contribution in [1.29, 1.82) is 0 Å². The van der Waals surface area contributed by atoms with Gasteiger partial charge in [0.1, 0.15) is 18.5 Å². The highest BCUT2D eigenvalue weighted by Gasteiger charge is 2.23. The van der Waals surface area contributed by atoms with E-state index in [0.717, 1.165) is 18.3 Å². The summed E-state index contributed by atoms with van der Waals surface area (Å²) < 4.78 is 44.2. The van der Waals surface area contributed by atoms with Crippen LogP contribution in [0.5, 0.6) is 0 Å². The molecule has 1 unspecified atom stereocenters. The molecule has 2 aromatic carbocycles. The lowest BCUT2D eigenvalue weighted by molar-refractivity contribution is 0.00882. The van der Waals surface area contributed by atoms with Gasteiger partial charge in [0.05, 0.1) is 43.0 Å². The monoisotopic (exact) mass is 569 g/mol. The average molecular weight is 569 g/mol. The Morgan fingerprint density at radius 2 is 1.97 bits per heavy atom. The van der Waals surface area contributed by atoms with Crippen LogP contribution in [0, 0.1) is 21.0 Å². The molecular formula is C19H19F3IN3O6. The fourth-order valence-electron chi connectivity index (χ4n) is 2.26. The number of aliphatic hydroxyl groups is 3. The highest BCUT2D eigenvalue weighted by molar-refractivity contribution is 14.1. The van der Waals surface area contributed by atoms with E-state index in [9.17, 15) is 23.1 Å². The van der Waals surface area contributed by atoms with Crippen molar-refractivity contribution in [3.05, 3.63) is 56.4 Å². The second kappa shape index (κ2) is 12.5. The zero-order chi connectivity index (χ0) is 23.7. The van der Waals surface area contributed by atoms with Crippen LogP contribution in [0.2, 0.25) is 0 Å². The molecule has 0 saturated heterocycles. The lowest BCUT2D eigenvalue weighted by Crippen LogP contribution is -2.26. The van der Waals surface area contributed by atoms with Crippen molar-refractivity contribution in [1.82, 2.24) is 5.48 Å². The molecule has 32 heavy (non-hydrogen) atoms. The summed E-state index contributed by atoms with van der Waals surface area (Å²) in [7, 11) is 0. The molecule has 0 aliphatic carbocycles. The third-order valence-corrected chi connectivity index (χ3v) is 4.44. The van der Waals surface area contributed by atoms with Crippen LogP contribution in [0.25, 0.3) is 0 Å². The number of rotatable bonds is 11. The smallest absolute Gasteiger partial charge is 0.277 e. The normalized spacial score (nSPS) is 12.1. The molecule has 2 aromatic rings. The molecule has 1 atom stereocenters. The van der Waals surface area contributed by atoms with Gasteiger partial charge in [-0.25, -0.2) is 18.7 Å². The number of carbonyl (C=O) groups excluding carboxylic acids is 1. The van der Waals surface area contributed by atoms with Crippen molar-refractivity contribution in [2.45, 2.75) is 6.10 Å². The SMILES string of the molecule is O=C(NOCCO)c1cc(/C=N/OCC(O)CO)c(F)c(F)c1Nc1ccc(I)cc1F. The third kappa shape index (κ3) is 7.03. The molecule has 0 spiro atoms. The van der Waals surface area contributed by atoms with E-state index in [1.165, 1.54) is 12.1 Å². The van der Waals surface area contributed by atoms with Gasteiger partial charge in [-0.3, -0.25) is 9.63 Å². The standard InChI is InChI=1S/C19H19F3IN3O6/c20-14-6-11(23)1-2-15(14)25-18-13(19(30)26-31-4-3-27)5-10(16(21)17(18)22)7-24-32-9-12(29)8-28/h1-2,5-7,12,25,27-29H,3-4,8-9H2,(H,26,30)/b24-7+. The zero-order valence-electron chi connectivity index (χ0n) is 16.3. The third-order valence-electron chi connectivity index (χ3n) is 3.77. The Labute approximate surface area is 193 Å². The van der Waals surface area contributed by atoms with Crippen molar-refractivity contribution in [3.63, 3.8) is 0 Å². The van der Waals surface area contributed by atoms with Crippen LogP contribution in [0.3, 0.4) is 0 Å². The van der Waals surface area contributed by atoms with Gasteiger partial charge in [-0.1, -0.05) is 5.16 Å². The first kappa shape index (κ1) is 25.8. The van der Waals surface area contributed by atoms with E-state index in [1.807, 2.05) is 28.1 Å². The number of nitrogens with one attached hydrogen (secondary N) is 2. The molecule has 2 rings (SSSR count). The number of hydrogen-bond donors (Lipinski definition) is 5. The highest BCUT2D eigenvalue weighted by Crippen LogP contribution is 2.30. The van der Waals surface area contributed by atoms with E-state index in [0.29, 0.717) is 3.57 Å². The number of hydroxylamine groups is 1.